The molecule has 6 heteroatoms. The Morgan fingerprint density at radius 1 is 1.03 bits per heavy atom. The number of benzene rings is 1. The van der Waals surface area contributed by atoms with Crippen LogP contribution in [0.15, 0.2) is 35.3 Å². The smallest absolute Gasteiger partial charge is 0.191 e. The summed E-state index contributed by atoms with van der Waals surface area (Å²) in [5.41, 5.74) is 1.41. The summed E-state index contributed by atoms with van der Waals surface area (Å²) in [5.74, 6) is 1.38. The zero-order valence-corrected chi connectivity index (χ0v) is 19.2. The summed E-state index contributed by atoms with van der Waals surface area (Å²) in [4.78, 5) is 9.88. The molecule has 3 N–H and O–H groups in total. The van der Waals surface area contributed by atoms with Gasteiger partial charge in [-0.05, 0) is 44.2 Å². The molecule has 0 amide bonds. The van der Waals surface area contributed by atoms with Gasteiger partial charge in [-0.1, -0.05) is 43.7 Å². The molecule has 0 saturated carbocycles. The van der Waals surface area contributed by atoms with Crippen LogP contribution in [-0.4, -0.2) is 79.8 Å². The average molecular weight is 418 g/mol. The number of hydrogen-bond donors (Lipinski definition) is 3. The minimum atomic E-state index is 0.253. The molecule has 1 aromatic rings. The van der Waals surface area contributed by atoms with E-state index in [4.69, 9.17) is 4.99 Å². The SMILES string of the molecule is CCCC(CCO)CN=C(NCC)NCCCN1CCN(Cc2ccccc2)CC1. The van der Waals surface area contributed by atoms with E-state index in [0.29, 0.717) is 5.92 Å². The number of hydrogen-bond acceptors (Lipinski definition) is 4. The minimum Gasteiger partial charge on any atom is -0.396 e. The van der Waals surface area contributed by atoms with Crippen LogP contribution in [0.25, 0.3) is 0 Å². The Hall–Kier alpha value is -1.63. The Morgan fingerprint density at radius 3 is 2.43 bits per heavy atom. The van der Waals surface area contributed by atoms with Crippen molar-refractivity contribution in [3.8, 4) is 0 Å². The molecular formula is C24H43N5O. The van der Waals surface area contributed by atoms with Gasteiger partial charge in [0, 0.05) is 59.0 Å². The lowest BCUT2D eigenvalue weighted by Crippen LogP contribution is -2.46. The molecule has 1 saturated heterocycles. The van der Waals surface area contributed by atoms with E-state index in [-0.39, 0.29) is 6.61 Å². The van der Waals surface area contributed by atoms with Crippen molar-refractivity contribution in [1.82, 2.24) is 20.4 Å². The van der Waals surface area contributed by atoms with E-state index in [1.807, 2.05) is 0 Å². The summed E-state index contributed by atoms with van der Waals surface area (Å²) >= 11 is 0. The number of piperazine rings is 1. The van der Waals surface area contributed by atoms with Crippen LogP contribution in [0.3, 0.4) is 0 Å². The molecular weight excluding hydrogens is 374 g/mol. The van der Waals surface area contributed by atoms with E-state index in [0.717, 1.165) is 90.5 Å². The molecule has 0 spiro atoms. The predicted molar refractivity (Wildman–Crippen MR) is 127 cm³/mol. The van der Waals surface area contributed by atoms with Gasteiger partial charge < -0.3 is 20.6 Å². The van der Waals surface area contributed by atoms with Crippen molar-refractivity contribution < 1.29 is 5.11 Å². The predicted octanol–water partition coefficient (Wildman–Crippen LogP) is 2.55. The molecule has 1 unspecified atom stereocenters. The number of rotatable bonds is 13. The fraction of sp³-hybridized carbons (Fsp3) is 0.708. The Bertz CT molecular complexity index is 566. The summed E-state index contributed by atoms with van der Waals surface area (Å²) in [7, 11) is 0. The van der Waals surface area contributed by atoms with Gasteiger partial charge in [-0.3, -0.25) is 9.89 Å². The molecule has 2 rings (SSSR count). The Labute approximate surface area is 183 Å². The van der Waals surface area contributed by atoms with Crippen molar-refractivity contribution in [1.29, 1.82) is 0 Å². The first-order chi connectivity index (χ1) is 14.7. The van der Waals surface area contributed by atoms with Crippen LogP contribution in [0.2, 0.25) is 0 Å². The standard InChI is InChI=1S/C24H43N5O/c1-3-9-22(12-19-30)20-27-24(25-4-2)26-13-8-14-28-15-17-29(18-16-28)21-23-10-6-5-7-11-23/h5-7,10-11,22,30H,3-4,8-9,12-21H2,1-2H3,(H2,25,26,27). The highest BCUT2D eigenvalue weighted by Crippen LogP contribution is 2.11. The van der Waals surface area contributed by atoms with Crippen molar-refractivity contribution >= 4 is 5.96 Å². The average Bonchev–Trinajstić information content (AvgIpc) is 2.77. The number of aliphatic hydroxyl groups is 1. The molecule has 1 fully saturated rings. The lowest BCUT2D eigenvalue weighted by molar-refractivity contribution is 0.126. The van der Waals surface area contributed by atoms with Crippen LogP contribution in [0.5, 0.6) is 0 Å². The topological polar surface area (TPSA) is 63.1 Å². The second-order valence-electron chi connectivity index (χ2n) is 8.27. The van der Waals surface area contributed by atoms with Crippen LogP contribution < -0.4 is 10.6 Å². The lowest BCUT2D eigenvalue weighted by Gasteiger charge is -2.34. The molecule has 0 aromatic heterocycles. The lowest BCUT2D eigenvalue weighted by atomic mass is 10.0. The zero-order chi connectivity index (χ0) is 21.4. The highest BCUT2D eigenvalue weighted by atomic mass is 16.3. The number of nitrogens with zero attached hydrogens (tertiary/aromatic N) is 3. The van der Waals surface area contributed by atoms with Crippen molar-refractivity contribution in [3.05, 3.63) is 35.9 Å². The molecule has 1 aliphatic heterocycles. The van der Waals surface area contributed by atoms with Gasteiger partial charge >= 0.3 is 0 Å². The summed E-state index contributed by atoms with van der Waals surface area (Å²) in [6.07, 6.45) is 4.23. The quantitative estimate of drug-likeness (QED) is 0.262. The summed E-state index contributed by atoms with van der Waals surface area (Å²) < 4.78 is 0. The molecule has 1 atom stereocenters. The van der Waals surface area contributed by atoms with Gasteiger partial charge in [0.2, 0.25) is 0 Å². The minimum absolute atomic E-state index is 0.253. The number of aliphatic imine (C=N–C) groups is 1. The molecule has 0 aliphatic carbocycles. The summed E-state index contributed by atoms with van der Waals surface area (Å²) in [5, 5.41) is 16.1. The third-order valence-corrected chi connectivity index (χ3v) is 5.74. The maximum absolute atomic E-state index is 9.23. The normalized spacial score (nSPS) is 17.1. The summed E-state index contributed by atoms with van der Waals surface area (Å²) in [6.45, 7) is 13.9. The van der Waals surface area contributed by atoms with Crippen molar-refractivity contribution in [2.75, 3.05) is 59.0 Å². The van der Waals surface area contributed by atoms with Crippen molar-refractivity contribution in [2.45, 2.75) is 46.1 Å². The molecule has 1 aromatic carbocycles. The van der Waals surface area contributed by atoms with E-state index < -0.39 is 0 Å². The van der Waals surface area contributed by atoms with Gasteiger partial charge in [0.05, 0.1) is 0 Å². The van der Waals surface area contributed by atoms with E-state index in [2.05, 4.69) is 64.6 Å². The van der Waals surface area contributed by atoms with Gasteiger partial charge in [-0.25, -0.2) is 0 Å². The maximum atomic E-state index is 9.23. The van der Waals surface area contributed by atoms with Crippen LogP contribution in [0.4, 0.5) is 0 Å². The van der Waals surface area contributed by atoms with Gasteiger partial charge in [-0.2, -0.15) is 0 Å². The van der Waals surface area contributed by atoms with Gasteiger partial charge in [0.15, 0.2) is 5.96 Å². The number of aliphatic hydroxyl groups excluding tert-OH is 1. The number of nitrogens with one attached hydrogen (secondary N) is 2. The van der Waals surface area contributed by atoms with Crippen LogP contribution in [0, 0.1) is 5.92 Å². The maximum Gasteiger partial charge on any atom is 0.191 e. The first kappa shape index (κ1) is 24.6. The second-order valence-corrected chi connectivity index (χ2v) is 8.27. The first-order valence-electron chi connectivity index (χ1n) is 11.9. The zero-order valence-electron chi connectivity index (χ0n) is 19.2. The third kappa shape index (κ3) is 9.92. The largest absolute Gasteiger partial charge is 0.396 e. The second kappa shape index (κ2) is 15.2. The van der Waals surface area contributed by atoms with E-state index in [1.165, 1.54) is 5.56 Å². The fourth-order valence-electron chi connectivity index (χ4n) is 4.00. The van der Waals surface area contributed by atoms with Crippen molar-refractivity contribution in [3.63, 3.8) is 0 Å². The molecule has 1 aliphatic rings. The van der Waals surface area contributed by atoms with Crippen LogP contribution in [0.1, 0.15) is 45.1 Å². The van der Waals surface area contributed by atoms with Crippen LogP contribution >= 0.6 is 0 Å². The van der Waals surface area contributed by atoms with Crippen molar-refractivity contribution in [2.24, 2.45) is 10.9 Å². The third-order valence-electron chi connectivity index (χ3n) is 5.74. The highest BCUT2D eigenvalue weighted by molar-refractivity contribution is 5.79. The first-order valence-corrected chi connectivity index (χ1v) is 11.9. The Kier molecular flexibility index (Phi) is 12.5. The van der Waals surface area contributed by atoms with Gasteiger partial charge in [0.25, 0.3) is 0 Å². The number of guanidine groups is 1. The molecule has 170 valence electrons. The molecule has 0 bridgehead atoms. The Balaban J connectivity index is 1.63. The van der Waals surface area contributed by atoms with Gasteiger partial charge in [-0.15, -0.1) is 0 Å². The van der Waals surface area contributed by atoms with E-state index in [9.17, 15) is 5.11 Å². The monoisotopic (exact) mass is 417 g/mol. The van der Waals surface area contributed by atoms with E-state index >= 15 is 0 Å². The Morgan fingerprint density at radius 2 is 1.77 bits per heavy atom. The molecule has 30 heavy (non-hydrogen) atoms. The molecule has 1 heterocycles. The highest BCUT2D eigenvalue weighted by Gasteiger charge is 2.16. The fourth-order valence-corrected chi connectivity index (χ4v) is 4.00. The molecule has 0 radical (unpaired) electrons. The van der Waals surface area contributed by atoms with Crippen LogP contribution in [-0.2, 0) is 6.54 Å². The van der Waals surface area contributed by atoms with E-state index in [1.54, 1.807) is 0 Å². The van der Waals surface area contributed by atoms with Gasteiger partial charge in [0.1, 0.15) is 0 Å². The molecule has 6 nitrogen and oxygen atoms in total. The summed E-state index contributed by atoms with van der Waals surface area (Å²) in [6, 6.07) is 10.8.